The number of nitrogens with one attached hydrogen (secondary N) is 2. The van der Waals surface area contributed by atoms with Crippen molar-refractivity contribution >= 4 is 39.1 Å². The standard InChI is InChI=1S/C23H26BrN5O3/c1-14(30)27-16-7-5-15(6-8-16)22(31)28-17-9-10-20(32-13-23(2,3)25)18(11-17)21-19(24)12-26-29(21)4/h5-12H,13,25H2,1-4H3,(H,27,30)(H,28,31). The van der Waals surface area contributed by atoms with Gasteiger partial charge in [-0.05, 0) is 72.2 Å². The second-order valence-electron chi connectivity index (χ2n) is 8.17. The lowest BCUT2D eigenvalue weighted by molar-refractivity contribution is -0.114. The van der Waals surface area contributed by atoms with Gasteiger partial charge in [0.25, 0.3) is 5.91 Å². The molecule has 0 spiro atoms. The minimum Gasteiger partial charge on any atom is -0.491 e. The second kappa shape index (κ2) is 9.54. The van der Waals surface area contributed by atoms with Crippen LogP contribution in [0, 0.1) is 0 Å². The van der Waals surface area contributed by atoms with Gasteiger partial charge in [-0.15, -0.1) is 0 Å². The topological polar surface area (TPSA) is 111 Å². The molecule has 0 aliphatic rings. The summed E-state index contributed by atoms with van der Waals surface area (Å²) in [5.74, 6) is 0.188. The van der Waals surface area contributed by atoms with Crippen LogP contribution in [0.1, 0.15) is 31.1 Å². The van der Waals surface area contributed by atoms with Crippen LogP contribution < -0.4 is 21.1 Å². The summed E-state index contributed by atoms with van der Waals surface area (Å²) in [6.07, 6.45) is 1.70. The first-order valence-electron chi connectivity index (χ1n) is 9.96. The number of halogens is 1. The smallest absolute Gasteiger partial charge is 0.255 e. The summed E-state index contributed by atoms with van der Waals surface area (Å²) in [5.41, 5.74) is 8.84. The van der Waals surface area contributed by atoms with Crippen LogP contribution in [-0.4, -0.2) is 33.7 Å². The van der Waals surface area contributed by atoms with E-state index in [1.165, 1.54) is 6.92 Å². The predicted octanol–water partition coefficient (Wildman–Crippen LogP) is 4.18. The summed E-state index contributed by atoms with van der Waals surface area (Å²) in [6, 6.07) is 12.1. The maximum atomic E-state index is 12.7. The summed E-state index contributed by atoms with van der Waals surface area (Å²) in [4.78, 5) is 23.9. The highest BCUT2D eigenvalue weighted by Gasteiger charge is 2.19. The molecule has 2 amide bonds. The number of aryl methyl sites for hydroxylation is 1. The van der Waals surface area contributed by atoms with Crippen molar-refractivity contribution in [3.05, 3.63) is 58.7 Å². The number of benzene rings is 2. The average molecular weight is 500 g/mol. The van der Waals surface area contributed by atoms with Gasteiger partial charge in [0.15, 0.2) is 0 Å². The SMILES string of the molecule is CC(=O)Nc1ccc(C(=O)Nc2ccc(OCC(C)(C)N)c(-c3c(Br)cnn3C)c2)cc1. The molecule has 0 radical (unpaired) electrons. The Bertz CT molecular complexity index is 1110. The molecule has 1 heterocycles. The number of aromatic nitrogens is 2. The molecular formula is C23H26BrN5O3. The zero-order valence-electron chi connectivity index (χ0n) is 18.4. The van der Waals surface area contributed by atoms with Gasteiger partial charge in [-0.2, -0.15) is 5.10 Å². The van der Waals surface area contributed by atoms with E-state index in [-0.39, 0.29) is 11.8 Å². The van der Waals surface area contributed by atoms with Crippen molar-refractivity contribution < 1.29 is 14.3 Å². The van der Waals surface area contributed by atoms with Gasteiger partial charge in [-0.25, -0.2) is 0 Å². The van der Waals surface area contributed by atoms with Crippen molar-refractivity contribution in [2.24, 2.45) is 12.8 Å². The van der Waals surface area contributed by atoms with E-state index in [0.29, 0.717) is 29.3 Å². The van der Waals surface area contributed by atoms with E-state index in [1.807, 2.05) is 27.0 Å². The zero-order valence-corrected chi connectivity index (χ0v) is 20.0. The van der Waals surface area contributed by atoms with Crippen molar-refractivity contribution in [3.63, 3.8) is 0 Å². The predicted molar refractivity (Wildman–Crippen MR) is 129 cm³/mol. The Balaban J connectivity index is 1.88. The van der Waals surface area contributed by atoms with E-state index in [0.717, 1.165) is 15.7 Å². The Labute approximate surface area is 195 Å². The minimum absolute atomic E-state index is 0.170. The molecule has 9 heteroatoms. The lowest BCUT2D eigenvalue weighted by atomic mass is 10.1. The third kappa shape index (κ3) is 5.95. The van der Waals surface area contributed by atoms with Crippen molar-refractivity contribution in [2.75, 3.05) is 17.2 Å². The molecule has 0 bridgehead atoms. The molecule has 4 N–H and O–H groups in total. The maximum Gasteiger partial charge on any atom is 0.255 e. The number of amides is 2. The summed E-state index contributed by atoms with van der Waals surface area (Å²) in [6.45, 7) is 5.53. The first-order valence-corrected chi connectivity index (χ1v) is 10.8. The summed E-state index contributed by atoms with van der Waals surface area (Å²) >= 11 is 3.53. The molecule has 2 aromatic carbocycles. The fourth-order valence-electron chi connectivity index (χ4n) is 3.01. The van der Waals surface area contributed by atoms with Crippen molar-refractivity contribution in [1.29, 1.82) is 0 Å². The van der Waals surface area contributed by atoms with Gasteiger partial charge >= 0.3 is 0 Å². The molecule has 0 fully saturated rings. The van der Waals surface area contributed by atoms with Gasteiger partial charge in [-0.3, -0.25) is 14.3 Å². The number of nitrogens with two attached hydrogens (primary N) is 1. The molecule has 3 aromatic rings. The lowest BCUT2D eigenvalue weighted by Crippen LogP contribution is -2.38. The number of nitrogens with zero attached hydrogens (tertiary/aromatic N) is 2. The van der Waals surface area contributed by atoms with Gasteiger partial charge < -0.3 is 21.1 Å². The van der Waals surface area contributed by atoms with Gasteiger partial charge in [0.05, 0.1) is 16.4 Å². The number of ether oxygens (including phenoxy) is 1. The van der Waals surface area contributed by atoms with Crippen LogP contribution in [0.5, 0.6) is 5.75 Å². The van der Waals surface area contributed by atoms with Crippen LogP contribution in [0.4, 0.5) is 11.4 Å². The normalized spacial score (nSPS) is 11.2. The summed E-state index contributed by atoms with van der Waals surface area (Å²) < 4.78 is 8.52. The minimum atomic E-state index is -0.503. The number of rotatable bonds is 7. The Morgan fingerprint density at radius 3 is 2.34 bits per heavy atom. The molecule has 168 valence electrons. The van der Waals surface area contributed by atoms with E-state index in [1.54, 1.807) is 47.3 Å². The molecule has 3 rings (SSSR count). The van der Waals surface area contributed by atoms with E-state index < -0.39 is 5.54 Å². The number of hydrogen-bond donors (Lipinski definition) is 3. The van der Waals surface area contributed by atoms with Crippen LogP contribution in [0.2, 0.25) is 0 Å². The lowest BCUT2D eigenvalue weighted by Gasteiger charge is -2.21. The second-order valence-corrected chi connectivity index (χ2v) is 9.02. The number of carbonyl (C=O) groups excluding carboxylic acids is 2. The molecule has 0 aliphatic carbocycles. The van der Waals surface area contributed by atoms with E-state index in [4.69, 9.17) is 10.5 Å². The molecular weight excluding hydrogens is 474 g/mol. The Kier molecular flexibility index (Phi) is 7.00. The molecule has 0 atom stereocenters. The Morgan fingerprint density at radius 1 is 1.12 bits per heavy atom. The number of anilines is 2. The largest absolute Gasteiger partial charge is 0.491 e. The van der Waals surface area contributed by atoms with E-state index in [9.17, 15) is 9.59 Å². The van der Waals surface area contributed by atoms with Crippen molar-refractivity contribution in [1.82, 2.24) is 9.78 Å². The molecule has 1 aromatic heterocycles. The third-order valence-electron chi connectivity index (χ3n) is 4.45. The molecule has 0 saturated carbocycles. The molecule has 0 unspecified atom stereocenters. The van der Waals surface area contributed by atoms with Crippen LogP contribution in [-0.2, 0) is 11.8 Å². The van der Waals surface area contributed by atoms with Gasteiger partial charge in [0.1, 0.15) is 12.4 Å². The van der Waals surface area contributed by atoms with Gasteiger partial charge in [0, 0.05) is 42.0 Å². The van der Waals surface area contributed by atoms with E-state index >= 15 is 0 Å². The number of carbonyl (C=O) groups is 2. The quantitative estimate of drug-likeness (QED) is 0.451. The Hall–Kier alpha value is -3.17. The highest BCUT2D eigenvalue weighted by Crippen LogP contribution is 2.37. The first kappa shape index (κ1) is 23.5. The first-order chi connectivity index (χ1) is 15.0. The van der Waals surface area contributed by atoms with Crippen LogP contribution in [0.3, 0.4) is 0 Å². The highest BCUT2D eigenvalue weighted by atomic mass is 79.9. The monoisotopic (exact) mass is 499 g/mol. The average Bonchev–Trinajstić information content (AvgIpc) is 3.04. The van der Waals surface area contributed by atoms with E-state index in [2.05, 4.69) is 31.7 Å². The third-order valence-corrected chi connectivity index (χ3v) is 5.03. The fraction of sp³-hybridized carbons (Fsp3) is 0.261. The fourth-order valence-corrected chi connectivity index (χ4v) is 3.57. The Morgan fingerprint density at radius 2 is 1.78 bits per heavy atom. The van der Waals surface area contributed by atoms with Crippen LogP contribution >= 0.6 is 15.9 Å². The summed E-state index contributed by atoms with van der Waals surface area (Å²) in [5, 5.41) is 9.87. The molecule has 8 nitrogen and oxygen atoms in total. The van der Waals surface area contributed by atoms with Gasteiger partial charge in [0.2, 0.25) is 5.91 Å². The van der Waals surface area contributed by atoms with Crippen molar-refractivity contribution in [3.8, 4) is 17.0 Å². The molecule has 32 heavy (non-hydrogen) atoms. The van der Waals surface area contributed by atoms with Crippen molar-refractivity contribution in [2.45, 2.75) is 26.3 Å². The number of hydrogen-bond acceptors (Lipinski definition) is 5. The van der Waals surface area contributed by atoms with Crippen LogP contribution in [0.15, 0.2) is 53.1 Å². The highest BCUT2D eigenvalue weighted by molar-refractivity contribution is 9.10. The van der Waals surface area contributed by atoms with Crippen LogP contribution in [0.25, 0.3) is 11.3 Å². The zero-order chi connectivity index (χ0) is 23.5. The molecule has 0 aliphatic heterocycles. The molecule has 0 saturated heterocycles. The summed E-state index contributed by atoms with van der Waals surface area (Å²) in [7, 11) is 1.83. The maximum absolute atomic E-state index is 12.7. The van der Waals surface area contributed by atoms with Gasteiger partial charge in [-0.1, -0.05) is 0 Å².